The van der Waals surface area contributed by atoms with Gasteiger partial charge < -0.3 is 5.11 Å². The molecule has 4 rings (SSSR count). The van der Waals surface area contributed by atoms with Crippen molar-refractivity contribution in [3.05, 3.63) is 28.8 Å². The van der Waals surface area contributed by atoms with Crippen LogP contribution >= 0.6 is 0 Å². The van der Waals surface area contributed by atoms with Gasteiger partial charge in [0.15, 0.2) is 0 Å². The fraction of sp³-hybridized carbons (Fsp3) is 0.682. The summed E-state index contributed by atoms with van der Waals surface area (Å²) in [5, 5.41) is 10.7. The predicted octanol–water partition coefficient (Wildman–Crippen LogP) is 4.94. The third kappa shape index (κ3) is 1.80. The number of aryl methyl sites for hydroxylation is 1. The lowest BCUT2D eigenvalue weighted by atomic mass is 9.43. The Bertz CT molecular complexity index is 732. The van der Waals surface area contributed by atoms with E-state index in [1.807, 2.05) is 6.07 Å². The highest BCUT2D eigenvalue weighted by Gasteiger charge is 2.63. The average molecular weight is 326 g/mol. The van der Waals surface area contributed by atoms with E-state index in [0.717, 1.165) is 31.2 Å². The van der Waals surface area contributed by atoms with Crippen LogP contribution in [0.25, 0.3) is 0 Å². The number of ketones is 1. The van der Waals surface area contributed by atoms with Gasteiger partial charge in [0.2, 0.25) is 0 Å². The molecule has 2 fully saturated rings. The Morgan fingerprint density at radius 1 is 1.08 bits per heavy atom. The number of carbonyl (C=O) groups excluding carboxylic acids is 1. The number of phenolic OH excluding ortho intramolecular Hbond substituents is 1. The van der Waals surface area contributed by atoms with Gasteiger partial charge in [0.05, 0.1) is 0 Å². The smallest absolute Gasteiger partial charge is 0.138 e. The number of hydrogen-bond acceptors (Lipinski definition) is 2. The molecule has 0 heterocycles. The molecule has 0 aliphatic heterocycles. The topological polar surface area (TPSA) is 37.3 Å². The van der Waals surface area contributed by atoms with Crippen molar-refractivity contribution >= 4 is 5.78 Å². The van der Waals surface area contributed by atoms with Gasteiger partial charge in [-0.05, 0) is 67.1 Å². The predicted molar refractivity (Wildman–Crippen MR) is 96.2 cm³/mol. The molecule has 0 amide bonds. The quantitative estimate of drug-likeness (QED) is 0.733. The van der Waals surface area contributed by atoms with E-state index < -0.39 is 0 Å². The molecule has 2 nitrogen and oxygen atoms in total. The van der Waals surface area contributed by atoms with Crippen molar-refractivity contribution in [1.29, 1.82) is 0 Å². The van der Waals surface area contributed by atoms with Gasteiger partial charge >= 0.3 is 0 Å². The Kier molecular flexibility index (Phi) is 3.13. The highest BCUT2D eigenvalue weighted by molar-refractivity contribution is 5.85. The normalized spacial score (nSPS) is 40.0. The average Bonchev–Trinajstić information content (AvgIpc) is 2.77. The highest BCUT2D eigenvalue weighted by atomic mass is 16.3. The molecule has 3 aliphatic carbocycles. The number of carbonyl (C=O) groups is 1. The molecule has 0 unspecified atom stereocenters. The van der Waals surface area contributed by atoms with Crippen molar-refractivity contribution in [3.63, 3.8) is 0 Å². The molecule has 1 aromatic carbocycles. The summed E-state index contributed by atoms with van der Waals surface area (Å²) in [5.41, 5.74) is 3.72. The van der Waals surface area contributed by atoms with Gasteiger partial charge in [0, 0.05) is 22.8 Å². The minimum absolute atomic E-state index is 0.0504. The van der Waals surface area contributed by atoms with E-state index in [4.69, 9.17) is 0 Å². The lowest BCUT2D eigenvalue weighted by Crippen LogP contribution is -2.57. The molecule has 0 bridgehead atoms. The zero-order valence-electron chi connectivity index (χ0n) is 15.7. The van der Waals surface area contributed by atoms with Gasteiger partial charge in [-0.15, -0.1) is 0 Å². The van der Waals surface area contributed by atoms with Crippen LogP contribution in [0.4, 0.5) is 0 Å². The van der Waals surface area contributed by atoms with Crippen molar-refractivity contribution in [2.45, 2.75) is 72.1 Å². The molecule has 1 N–H and O–H groups in total. The summed E-state index contributed by atoms with van der Waals surface area (Å²) in [6.45, 7) is 11.2. The van der Waals surface area contributed by atoms with E-state index >= 15 is 0 Å². The molecule has 0 aromatic heterocycles. The van der Waals surface area contributed by atoms with Gasteiger partial charge in [0.25, 0.3) is 0 Å². The van der Waals surface area contributed by atoms with Crippen LogP contribution in [0.3, 0.4) is 0 Å². The van der Waals surface area contributed by atoms with Crippen molar-refractivity contribution in [3.8, 4) is 5.75 Å². The van der Waals surface area contributed by atoms with E-state index in [-0.39, 0.29) is 16.2 Å². The van der Waals surface area contributed by atoms with Crippen molar-refractivity contribution in [1.82, 2.24) is 0 Å². The lowest BCUT2D eigenvalue weighted by Gasteiger charge is -2.60. The van der Waals surface area contributed by atoms with Gasteiger partial charge in [-0.25, -0.2) is 0 Å². The number of aromatic hydroxyl groups is 1. The number of fused-ring (bicyclic) bond motifs is 5. The Labute approximate surface area is 145 Å². The van der Waals surface area contributed by atoms with E-state index in [0.29, 0.717) is 29.8 Å². The van der Waals surface area contributed by atoms with Crippen LogP contribution in [-0.2, 0) is 16.6 Å². The van der Waals surface area contributed by atoms with Crippen LogP contribution in [-0.4, -0.2) is 10.9 Å². The lowest BCUT2D eigenvalue weighted by molar-refractivity contribution is -0.151. The maximum Gasteiger partial charge on any atom is 0.138 e. The summed E-state index contributed by atoms with van der Waals surface area (Å²) in [4.78, 5) is 12.6. The summed E-state index contributed by atoms with van der Waals surface area (Å²) >= 11 is 0. The summed E-state index contributed by atoms with van der Waals surface area (Å²) in [6, 6.07) is 4.20. The molecule has 2 saturated carbocycles. The SMILES string of the molecule is Cc1cc(O)c2c(c1)C[C@H]1[C@]3(C)CCC(=O)C(C)(C)[C@H]3CC[C@]21C. The number of hydrogen-bond donors (Lipinski definition) is 1. The number of phenols is 1. The summed E-state index contributed by atoms with van der Waals surface area (Å²) in [7, 11) is 0. The second kappa shape index (κ2) is 4.65. The Hall–Kier alpha value is -1.31. The molecule has 1 aromatic rings. The zero-order chi connectivity index (χ0) is 17.5. The first-order chi connectivity index (χ1) is 11.1. The summed E-state index contributed by atoms with van der Waals surface area (Å²) < 4.78 is 0. The summed E-state index contributed by atoms with van der Waals surface area (Å²) in [6.07, 6.45) is 4.95. The molecule has 0 radical (unpaired) electrons. The van der Waals surface area contributed by atoms with E-state index in [2.05, 4.69) is 40.7 Å². The number of Topliss-reactive ketones (excluding diaryl/α,β-unsaturated/α-hetero) is 1. The van der Waals surface area contributed by atoms with Gasteiger partial charge in [-0.2, -0.15) is 0 Å². The second-order valence-electron chi connectivity index (χ2n) is 9.73. The minimum Gasteiger partial charge on any atom is -0.508 e. The van der Waals surface area contributed by atoms with Crippen LogP contribution in [0, 0.1) is 29.6 Å². The van der Waals surface area contributed by atoms with Gasteiger partial charge in [-0.1, -0.05) is 33.8 Å². The second-order valence-corrected chi connectivity index (χ2v) is 9.73. The van der Waals surface area contributed by atoms with E-state index in [1.165, 1.54) is 11.1 Å². The molecule has 2 heteroatoms. The monoisotopic (exact) mass is 326 g/mol. The molecular formula is C22H30O2. The molecule has 4 atom stereocenters. The first-order valence-corrected chi connectivity index (χ1v) is 9.47. The molecule has 3 aliphatic rings. The highest BCUT2D eigenvalue weighted by Crippen LogP contribution is 2.67. The van der Waals surface area contributed by atoms with Crippen molar-refractivity contribution < 1.29 is 9.90 Å². The minimum atomic E-state index is -0.207. The van der Waals surface area contributed by atoms with Crippen LogP contribution < -0.4 is 0 Å². The van der Waals surface area contributed by atoms with Crippen LogP contribution in [0.1, 0.15) is 70.1 Å². The third-order valence-electron chi connectivity index (χ3n) is 8.13. The Morgan fingerprint density at radius 3 is 2.50 bits per heavy atom. The van der Waals surface area contributed by atoms with Crippen LogP contribution in [0.15, 0.2) is 12.1 Å². The van der Waals surface area contributed by atoms with Crippen LogP contribution in [0.2, 0.25) is 0 Å². The largest absolute Gasteiger partial charge is 0.508 e. The van der Waals surface area contributed by atoms with Gasteiger partial charge in [-0.3, -0.25) is 4.79 Å². The first kappa shape index (κ1) is 16.2. The van der Waals surface area contributed by atoms with Crippen LogP contribution in [0.5, 0.6) is 5.75 Å². The fourth-order valence-electron chi connectivity index (χ4n) is 6.99. The van der Waals surface area contributed by atoms with Crippen molar-refractivity contribution in [2.75, 3.05) is 0 Å². The number of benzene rings is 1. The molecule has 0 spiro atoms. The zero-order valence-corrected chi connectivity index (χ0v) is 15.7. The fourth-order valence-corrected chi connectivity index (χ4v) is 6.99. The van der Waals surface area contributed by atoms with E-state index in [1.54, 1.807) is 0 Å². The molecule has 0 saturated heterocycles. The number of rotatable bonds is 0. The first-order valence-electron chi connectivity index (χ1n) is 9.47. The molecule has 24 heavy (non-hydrogen) atoms. The summed E-state index contributed by atoms with van der Waals surface area (Å²) in [5.74, 6) is 1.92. The van der Waals surface area contributed by atoms with Crippen molar-refractivity contribution in [2.24, 2.45) is 22.7 Å². The Morgan fingerprint density at radius 2 is 1.79 bits per heavy atom. The maximum absolute atomic E-state index is 12.6. The Balaban J connectivity index is 1.84. The standard InChI is InChI=1S/C22H30O2/c1-13-10-14-12-17-21(4)9-7-18(24)20(2,3)16(21)6-8-22(17,5)19(14)15(23)11-13/h10-11,16-17,23H,6-9,12H2,1-5H3/t16-,17+,21-,22+/m1/s1. The molecular weight excluding hydrogens is 296 g/mol. The molecule has 130 valence electrons. The third-order valence-corrected chi connectivity index (χ3v) is 8.13. The van der Waals surface area contributed by atoms with Gasteiger partial charge in [0.1, 0.15) is 11.5 Å². The van der Waals surface area contributed by atoms with E-state index in [9.17, 15) is 9.90 Å². The maximum atomic E-state index is 12.6.